The van der Waals surface area contributed by atoms with Gasteiger partial charge in [-0.2, -0.15) is 4.31 Å². The highest BCUT2D eigenvalue weighted by Gasteiger charge is 2.36. The lowest BCUT2D eigenvalue weighted by Gasteiger charge is -2.37. The SMILES string of the molecule is CCS(=O)(=O)N1CCc2c(nc([C@H]3CCCCN3C(=O)C3CCCC3)[nH]c2=O)C1. The molecule has 160 valence electrons. The van der Waals surface area contributed by atoms with E-state index in [2.05, 4.69) is 4.98 Å². The average Bonchev–Trinajstić information content (AvgIpc) is 3.27. The predicted octanol–water partition coefficient (Wildman–Crippen LogP) is 1.72. The topological polar surface area (TPSA) is 103 Å². The highest BCUT2D eigenvalue weighted by atomic mass is 32.2. The van der Waals surface area contributed by atoms with Crippen molar-refractivity contribution in [2.24, 2.45) is 5.92 Å². The number of nitrogens with one attached hydrogen (secondary N) is 1. The van der Waals surface area contributed by atoms with Gasteiger partial charge in [0.25, 0.3) is 5.56 Å². The smallest absolute Gasteiger partial charge is 0.254 e. The lowest BCUT2D eigenvalue weighted by molar-refractivity contribution is -0.139. The molecule has 2 aliphatic heterocycles. The third-order valence-electron chi connectivity index (χ3n) is 6.62. The number of H-pyrrole nitrogens is 1. The summed E-state index contributed by atoms with van der Waals surface area (Å²) in [6.45, 7) is 2.75. The van der Waals surface area contributed by atoms with Gasteiger partial charge in [-0.25, -0.2) is 13.4 Å². The minimum atomic E-state index is -3.33. The zero-order valence-electron chi connectivity index (χ0n) is 17.0. The minimum absolute atomic E-state index is 0.0324. The van der Waals surface area contributed by atoms with Crippen LogP contribution in [0.5, 0.6) is 0 Å². The average molecular weight is 423 g/mol. The van der Waals surface area contributed by atoms with Gasteiger partial charge in [0.1, 0.15) is 5.82 Å². The Morgan fingerprint density at radius 2 is 1.86 bits per heavy atom. The number of amides is 1. The lowest BCUT2D eigenvalue weighted by atomic mass is 9.97. The van der Waals surface area contributed by atoms with E-state index in [1.54, 1.807) is 6.92 Å². The van der Waals surface area contributed by atoms with E-state index in [-0.39, 0.29) is 35.7 Å². The van der Waals surface area contributed by atoms with Gasteiger partial charge in [0.2, 0.25) is 15.9 Å². The Morgan fingerprint density at radius 3 is 2.59 bits per heavy atom. The zero-order chi connectivity index (χ0) is 20.6. The first-order valence-electron chi connectivity index (χ1n) is 10.8. The third-order valence-corrected chi connectivity index (χ3v) is 8.45. The first-order valence-corrected chi connectivity index (χ1v) is 12.4. The van der Waals surface area contributed by atoms with E-state index in [1.165, 1.54) is 4.31 Å². The molecule has 3 aliphatic rings. The van der Waals surface area contributed by atoms with Crippen LogP contribution in [0.25, 0.3) is 0 Å². The molecule has 1 saturated carbocycles. The van der Waals surface area contributed by atoms with Gasteiger partial charge in [-0.1, -0.05) is 12.8 Å². The fraction of sp³-hybridized carbons (Fsp3) is 0.750. The molecule has 4 rings (SSSR count). The normalized spacial score (nSPS) is 23.9. The first kappa shape index (κ1) is 20.5. The van der Waals surface area contributed by atoms with E-state index in [0.717, 1.165) is 44.9 Å². The van der Waals surface area contributed by atoms with Crippen molar-refractivity contribution in [2.75, 3.05) is 18.8 Å². The molecule has 1 saturated heterocycles. The van der Waals surface area contributed by atoms with Crippen LogP contribution >= 0.6 is 0 Å². The van der Waals surface area contributed by atoms with Gasteiger partial charge >= 0.3 is 0 Å². The first-order chi connectivity index (χ1) is 13.9. The molecule has 0 aromatic carbocycles. The summed E-state index contributed by atoms with van der Waals surface area (Å²) in [4.78, 5) is 35.3. The van der Waals surface area contributed by atoms with E-state index in [0.29, 0.717) is 36.6 Å². The summed E-state index contributed by atoms with van der Waals surface area (Å²) in [5.74, 6) is 0.813. The summed E-state index contributed by atoms with van der Waals surface area (Å²) in [5.41, 5.74) is 0.907. The Bertz CT molecular complexity index is 936. The van der Waals surface area contributed by atoms with Crippen LogP contribution in [0.1, 0.15) is 75.0 Å². The van der Waals surface area contributed by atoms with Crippen LogP contribution < -0.4 is 5.56 Å². The van der Waals surface area contributed by atoms with E-state index in [1.807, 2.05) is 4.90 Å². The van der Waals surface area contributed by atoms with Crippen molar-refractivity contribution in [2.45, 2.75) is 70.9 Å². The molecule has 29 heavy (non-hydrogen) atoms. The van der Waals surface area contributed by atoms with E-state index in [4.69, 9.17) is 4.98 Å². The molecule has 0 bridgehead atoms. The van der Waals surface area contributed by atoms with Gasteiger partial charge in [-0.3, -0.25) is 9.59 Å². The van der Waals surface area contributed by atoms with Crippen LogP contribution in [0.2, 0.25) is 0 Å². The molecule has 1 atom stereocenters. The molecule has 1 aromatic rings. The molecular weight excluding hydrogens is 392 g/mol. The Hall–Kier alpha value is -1.74. The minimum Gasteiger partial charge on any atom is -0.332 e. The zero-order valence-corrected chi connectivity index (χ0v) is 17.8. The number of hydrogen-bond donors (Lipinski definition) is 1. The number of sulfonamides is 1. The Morgan fingerprint density at radius 1 is 1.14 bits per heavy atom. The molecule has 1 aromatic heterocycles. The summed E-state index contributed by atoms with van der Waals surface area (Å²) in [5, 5.41) is 0. The number of likely N-dealkylation sites (tertiary alicyclic amines) is 1. The second kappa shape index (κ2) is 8.18. The van der Waals surface area contributed by atoms with Gasteiger partial charge in [0.05, 0.1) is 24.0 Å². The number of piperidine rings is 1. The van der Waals surface area contributed by atoms with Gasteiger partial charge in [-0.15, -0.1) is 0 Å². The predicted molar refractivity (Wildman–Crippen MR) is 109 cm³/mol. The number of fused-ring (bicyclic) bond motifs is 1. The summed E-state index contributed by atoms with van der Waals surface area (Å²) < 4.78 is 26.0. The molecule has 0 radical (unpaired) electrons. The van der Waals surface area contributed by atoms with Crippen LogP contribution in [0.4, 0.5) is 0 Å². The number of carbonyl (C=O) groups excluding carboxylic acids is 1. The highest BCUT2D eigenvalue weighted by Crippen LogP contribution is 2.34. The van der Waals surface area contributed by atoms with Crippen molar-refractivity contribution >= 4 is 15.9 Å². The maximum absolute atomic E-state index is 13.1. The molecule has 3 heterocycles. The van der Waals surface area contributed by atoms with Crippen molar-refractivity contribution in [3.05, 3.63) is 27.4 Å². The van der Waals surface area contributed by atoms with Crippen LogP contribution in [-0.4, -0.2) is 52.3 Å². The summed E-state index contributed by atoms with van der Waals surface area (Å²) in [6.07, 6.45) is 7.18. The van der Waals surface area contributed by atoms with E-state index in [9.17, 15) is 18.0 Å². The molecular formula is C20H30N4O4S. The van der Waals surface area contributed by atoms with Gasteiger partial charge < -0.3 is 9.88 Å². The molecule has 1 N–H and O–H groups in total. The Balaban J connectivity index is 1.64. The van der Waals surface area contributed by atoms with E-state index >= 15 is 0 Å². The standard InChI is InChI=1S/C20H30N4O4S/c1-2-29(27,28)23-12-10-15-16(13-23)21-18(22-19(15)25)17-9-5-6-11-24(17)20(26)14-7-3-4-8-14/h14,17H,2-13H2,1H3,(H,21,22,25)/t17-/m1/s1. The lowest BCUT2D eigenvalue weighted by Crippen LogP contribution is -2.44. The van der Waals surface area contributed by atoms with Crippen molar-refractivity contribution in [1.82, 2.24) is 19.2 Å². The molecule has 0 unspecified atom stereocenters. The molecule has 9 heteroatoms. The number of aromatic nitrogens is 2. The molecule has 2 fully saturated rings. The van der Waals surface area contributed by atoms with Crippen LogP contribution in [0, 0.1) is 5.92 Å². The van der Waals surface area contributed by atoms with E-state index < -0.39 is 10.0 Å². The molecule has 0 spiro atoms. The van der Waals surface area contributed by atoms with Crippen molar-refractivity contribution in [3.8, 4) is 0 Å². The molecule has 8 nitrogen and oxygen atoms in total. The monoisotopic (exact) mass is 422 g/mol. The van der Waals surface area contributed by atoms with Crippen molar-refractivity contribution in [3.63, 3.8) is 0 Å². The highest BCUT2D eigenvalue weighted by molar-refractivity contribution is 7.89. The maximum Gasteiger partial charge on any atom is 0.254 e. The van der Waals surface area contributed by atoms with Crippen molar-refractivity contribution in [1.29, 1.82) is 0 Å². The van der Waals surface area contributed by atoms with Crippen LogP contribution in [-0.2, 0) is 27.8 Å². The van der Waals surface area contributed by atoms with Gasteiger partial charge in [0, 0.05) is 24.6 Å². The van der Waals surface area contributed by atoms with Crippen LogP contribution in [0.15, 0.2) is 4.79 Å². The third kappa shape index (κ3) is 3.99. The fourth-order valence-electron chi connectivity index (χ4n) is 4.90. The van der Waals surface area contributed by atoms with Crippen LogP contribution in [0.3, 0.4) is 0 Å². The molecule has 1 aliphatic carbocycles. The number of rotatable bonds is 4. The molecule has 1 amide bonds. The second-order valence-corrected chi connectivity index (χ2v) is 10.6. The Labute approximate surface area is 171 Å². The number of nitrogens with zero attached hydrogens (tertiary/aromatic N) is 3. The largest absolute Gasteiger partial charge is 0.332 e. The number of hydrogen-bond acceptors (Lipinski definition) is 5. The summed E-state index contributed by atoms with van der Waals surface area (Å²) in [6, 6.07) is -0.229. The van der Waals surface area contributed by atoms with Gasteiger partial charge in [0.15, 0.2) is 0 Å². The fourth-order valence-corrected chi connectivity index (χ4v) is 5.95. The summed E-state index contributed by atoms with van der Waals surface area (Å²) in [7, 11) is -3.33. The summed E-state index contributed by atoms with van der Waals surface area (Å²) >= 11 is 0. The van der Waals surface area contributed by atoms with Gasteiger partial charge in [-0.05, 0) is 45.4 Å². The number of aromatic amines is 1. The Kier molecular flexibility index (Phi) is 5.79. The maximum atomic E-state index is 13.1. The quantitative estimate of drug-likeness (QED) is 0.796. The van der Waals surface area contributed by atoms with Crippen molar-refractivity contribution < 1.29 is 13.2 Å². The second-order valence-electron chi connectivity index (χ2n) is 8.39. The number of carbonyl (C=O) groups is 1.